The molecule has 0 rings (SSSR count). The molecule has 0 fully saturated rings. The van der Waals surface area contributed by atoms with Gasteiger partial charge in [0.1, 0.15) is 6.61 Å². The predicted octanol–water partition coefficient (Wildman–Crippen LogP) is 0.927. The third-order valence-electron chi connectivity index (χ3n) is 2.11. The minimum atomic E-state index is -2.57. The van der Waals surface area contributed by atoms with Crippen molar-refractivity contribution < 1.29 is 22.8 Å². The van der Waals surface area contributed by atoms with E-state index < -0.39 is 14.7 Å². The van der Waals surface area contributed by atoms with Crippen LogP contribution in [0.4, 0.5) is 0 Å². The molecule has 0 saturated carbocycles. The zero-order valence-electron chi connectivity index (χ0n) is 11.6. The quantitative estimate of drug-likeness (QED) is 0.424. The highest BCUT2D eigenvalue weighted by Crippen LogP contribution is 2.18. The highest BCUT2D eigenvalue weighted by Gasteiger charge is 2.39. The summed E-state index contributed by atoms with van der Waals surface area (Å²) in [6.45, 7) is 7.85. The summed E-state index contributed by atoms with van der Waals surface area (Å²) in [5.41, 5.74) is 4.97. The summed E-state index contributed by atoms with van der Waals surface area (Å²) in [7, 11) is -2.57. The van der Waals surface area contributed by atoms with Gasteiger partial charge in [-0.25, -0.2) is 0 Å². The lowest BCUT2D eigenvalue weighted by molar-refractivity contribution is -0.122. The van der Waals surface area contributed by atoms with Gasteiger partial charge in [0.2, 0.25) is 5.91 Å². The molecule has 2 N–H and O–H groups in total. The zero-order valence-corrected chi connectivity index (χ0v) is 12.6. The summed E-state index contributed by atoms with van der Waals surface area (Å²) in [5, 5.41) is 0. The van der Waals surface area contributed by atoms with Crippen molar-refractivity contribution >= 4 is 14.7 Å². The molecule has 0 aromatic heterocycles. The summed E-state index contributed by atoms with van der Waals surface area (Å²) in [6, 6.07) is 0.682. The Balaban J connectivity index is 4.08. The van der Waals surface area contributed by atoms with Gasteiger partial charge in [0.25, 0.3) is 0 Å². The van der Waals surface area contributed by atoms with E-state index in [1.165, 1.54) is 0 Å². The SMILES string of the molecule is CCO[Si](CCCOCC(N)=O)(OCC)OCC. The fraction of sp³-hybridized carbons (Fsp3) is 0.909. The van der Waals surface area contributed by atoms with Crippen molar-refractivity contribution in [2.75, 3.05) is 33.0 Å². The molecule has 0 aliphatic carbocycles. The number of nitrogens with two attached hydrogens (primary N) is 1. The van der Waals surface area contributed by atoms with E-state index in [-0.39, 0.29) is 6.61 Å². The van der Waals surface area contributed by atoms with E-state index in [1.807, 2.05) is 20.8 Å². The van der Waals surface area contributed by atoms with Crippen molar-refractivity contribution in [3.05, 3.63) is 0 Å². The molecule has 0 atom stereocenters. The molecule has 0 unspecified atom stereocenters. The minimum absolute atomic E-state index is 0.0491. The predicted molar refractivity (Wildman–Crippen MR) is 70.1 cm³/mol. The third-order valence-corrected chi connectivity index (χ3v) is 5.26. The second kappa shape index (κ2) is 10.4. The number of primary amides is 1. The van der Waals surface area contributed by atoms with E-state index in [2.05, 4.69) is 0 Å². The molecule has 0 saturated heterocycles. The van der Waals surface area contributed by atoms with Gasteiger partial charge in [-0.2, -0.15) is 0 Å². The van der Waals surface area contributed by atoms with Crippen molar-refractivity contribution in [3.63, 3.8) is 0 Å². The highest BCUT2D eigenvalue weighted by atomic mass is 28.4. The Morgan fingerprint density at radius 1 is 1.06 bits per heavy atom. The van der Waals surface area contributed by atoms with Crippen molar-refractivity contribution in [2.24, 2.45) is 5.73 Å². The lowest BCUT2D eigenvalue weighted by atomic mass is 10.5. The van der Waals surface area contributed by atoms with E-state index in [9.17, 15) is 4.79 Å². The van der Waals surface area contributed by atoms with Gasteiger partial charge >= 0.3 is 8.80 Å². The third kappa shape index (κ3) is 7.78. The van der Waals surface area contributed by atoms with Crippen molar-refractivity contribution in [1.29, 1.82) is 0 Å². The summed E-state index contributed by atoms with van der Waals surface area (Å²) in [4.78, 5) is 10.5. The number of carbonyl (C=O) groups is 1. The van der Waals surface area contributed by atoms with Crippen molar-refractivity contribution in [2.45, 2.75) is 33.2 Å². The molecule has 6 nitrogen and oxygen atoms in total. The molecule has 0 aliphatic rings. The van der Waals surface area contributed by atoms with Gasteiger partial charge in [0.15, 0.2) is 0 Å². The van der Waals surface area contributed by atoms with Gasteiger partial charge in [0, 0.05) is 32.5 Å². The van der Waals surface area contributed by atoms with E-state index in [4.69, 9.17) is 23.7 Å². The summed E-state index contributed by atoms with van der Waals surface area (Å²) >= 11 is 0. The number of ether oxygens (including phenoxy) is 1. The second-order valence-electron chi connectivity index (χ2n) is 3.60. The fourth-order valence-corrected chi connectivity index (χ4v) is 4.14. The van der Waals surface area contributed by atoms with Crippen LogP contribution in [0.25, 0.3) is 0 Å². The average molecular weight is 279 g/mol. The van der Waals surface area contributed by atoms with Crippen LogP contribution in [0.5, 0.6) is 0 Å². The fourth-order valence-electron chi connectivity index (χ4n) is 1.56. The molecule has 1 amide bonds. The first-order chi connectivity index (χ1) is 8.60. The summed E-state index contributed by atoms with van der Waals surface area (Å²) in [5.74, 6) is -0.460. The highest BCUT2D eigenvalue weighted by molar-refractivity contribution is 6.60. The molecular weight excluding hydrogens is 254 g/mol. The molecule has 0 spiro atoms. The number of hydrogen-bond donors (Lipinski definition) is 1. The topological polar surface area (TPSA) is 80.0 Å². The lowest BCUT2D eigenvalue weighted by Gasteiger charge is -2.28. The van der Waals surface area contributed by atoms with Gasteiger partial charge < -0.3 is 23.7 Å². The van der Waals surface area contributed by atoms with Crippen LogP contribution in [0, 0.1) is 0 Å². The number of rotatable bonds is 12. The summed E-state index contributed by atoms with van der Waals surface area (Å²) < 4.78 is 22.2. The molecule has 0 aromatic carbocycles. The standard InChI is InChI=1S/C11H25NO5Si/c1-4-15-18(16-5-2,17-6-3)9-7-8-14-10-11(12)13/h4-10H2,1-3H3,(H2,12,13). The molecule has 0 aliphatic heterocycles. The van der Waals surface area contributed by atoms with Crippen LogP contribution >= 0.6 is 0 Å². The first-order valence-corrected chi connectivity index (χ1v) is 8.31. The normalized spacial score (nSPS) is 11.7. The molecule has 0 bridgehead atoms. The van der Waals surface area contributed by atoms with E-state index >= 15 is 0 Å². The van der Waals surface area contributed by atoms with Crippen molar-refractivity contribution in [3.8, 4) is 0 Å². The molecule has 0 radical (unpaired) electrons. The summed E-state index contributed by atoms with van der Waals surface area (Å²) in [6.07, 6.45) is 0.722. The zero-order chi connectivity index (χ0) is 13.9. The Hall–Kier alpha value is -0.473. The number of amides is 1. The van der Waals surface area contributed by atoms with Crippen LogP contribution < -0.4 is 5.73 Å². The number of carbonyl (C=O) groups excluding carboxylic acids is 1. The van der Waals surface area contributed by atoms with Crippen LogP contribution in [0.3, 0.4) is 0 Å². The Morgan fingerprint density at radius 3 is 1.94 bits per heavy atom. The van der Waals surface area contributed by atoms with Gasteiger partial charge in [-0.05, 0) is 27.2 Å². The van der Waals surface area contributed by atoms with E-state index in [0.29, 0.717) is 32.5 Å². The Morgan fingerprint density at radius 2 is 1.56 bits per heavy atom. The largest absolute Gasteiger partial charge is 0.501 e. The van der Waals surface area contributed by atoms with Crippen LogP contribution in [-0.4, -0.2) is 47.7 Å². The van der Waals surface area contributed by atoms with Crippen LogP contribution in [0.2, 0.25) is 6.04 Å². The molecule has 18 heavy (non-hydrogen) atoms. The average Bonchev–Trinajstić information content (AvgIpc) is 2.29. The maximum Gasteiger partial charge on any atom is 0.501 e. The van der Waals surface area contributed by atoms with Crippen LogP contribution in [-0.2, 0) is 22.8 Å². The van der Waals surface area contributed by atoms with Gasteiger partial charge in [0.05, 0.1) is 0 Å². The molecule has 7 heteroatoms. The number of hydrogen-bond acceptors (Lipinski definition) is 5. The van der Waals surface area contributed by atoms with Crippen molar-refractivity contribution in [1.82, 2.24) is 0 Å². The molecule has 108 valence electrons. The first kappa shape index (κ1) is 17.5. The first-order valence-electron chi connectivity index (χ1n) is 6.38. The Kier molecular flexibility index (Phi) is 10.2. The molecule has 0 aromatic rings. The van der Waals surface area contributed by atoms with Gasteiger partial charge in [-0.15, -0.1) is 0 Å². The minimum Gasteiger partial charge on any atom is -0.374 e. The van der Waals surface area contributed by atoms with Gasteiger partial charge in [-0.3, -0.25) is 4.79 Å². The van der Waals surface area contributed by atoms with E-state index in [1.54, 1.807) is 0 Å². The monoisotopic (exact) mass is 279 g/mol. The second-order valence-corrected chi connectivity index (χ2v) is 6.34. The van der Waals surface area contributed by atoms with E-state index in [0.717, 1.165) is 6.42 Å². The Labute approximate surface area is 110 Å². The maximum atomic E-state index is 10.5. The van der Waals surface area contributed by atoms with Gasteiger partial charge in [-0.1, -0.05) is 0 Å². The maximum absolute atomic E-state index is 10.5. The molecule has 0 heterocycles. The molecular formula is C11H25NO5Si. The lowest BCUT2D eigenvalue weighted by Crippen LogP contribution is -2.46. The smallest absolute Gasteiger partial charge is 0.374 e. The van der Waals surface area contributed by atoms with Crippen LogP contribution in [0.1, 0.15) is 27.2 Å². The van der Waals surface area contributed by atoms with Crippen LogP contribution in [0.15, 0.2) is 0 Å². The Bertz CT molecular complexity index is 210.